The summed E-state index contributed by atoms with van der Waals surface area (Å²) < 4.78 is 5.39. The molecule has 5 nitrogen and oxygen atoms in total. The van der Waals surface area contributed by atoms with E-state index in [1.165, 1.54) is 31.5 Å². The maximum Gasteiger partial charge on any atom is 0.337 e. The minimum absolute atomic E-state index is 0.234. The van der Waals surface area contributed by atoms with Gasteiger partial charge < -0.3 is 10.1 Å². The van der Waals surface area contributed by atoms with Crippen molar-refractivity contribution in [3.8, 4) is 0 Å². The minimum Gasteiger partial charge on any atom is -0.465 e. The summed E-state index contributed by atoms with van der Waals surface area (Å²) in [6, 6.07) is 7.75. The molecular weight excluding hydrogens is 360 g/mol. The van der Waals surface area contributed by atoms with Gasteiger partial charge in [0.15, 0.2) is 0 Å². The molecule has 0 unspecified atom stereocenters. The Balaban J connectivity index is 2.24. The van der Waals surface area contributed by atoms with Crippen molar-refractivity contribution >= 4 is 45.1 Å². The molecule has 0 radical (unpaired) electrons. The molecule has 1 aromatic carbocycles. The standard InChI is InChI=1S/C14H10BrClN2O3/c1-21-14(20)8-2-4-10(16)12(6-8)18-13(19)11-5-3-9(15)7-17-11/h2-7H,1H3,(H,18,19). The molecule has 21 heavy (non-hydrogen) atoms. The van der Waals surface area contributed by atoms with Crippen molar-refractivity contribution in [1.29, 1.82) is 0 Å². The van der Waals surface area contributed by atoms with Gasteiger partial charge in [-0.25, -0.2) is 9.78 Å². The number of ether oxygens (including phenoxy) is 1. The van der Waals surface area contributed by atoms with Crippen molar-refractivity contribution in [2.45, 2.75) is 0 Å². The van der Waals surface area contributed by atoms with Crippen LogP contribution < -0.4 is 5.32 Å². The highest BCUT2D eigenvalue weighted by atomic mass is 79.9. The highest BCUT2D eigenvalue weighted by Crippen LogP contribution is 2.24. The number of hydrogen-bond donors (Lipinski definition) is 1. The number of amides is 1. The summed E-state index contributed by atoms with van der Waals surface area (Å²) in [5.41, 5.74) is 0.841. The van der Waals surface area contributed by atoms with E-state index in [1.807, 2.05) is 0 Å². The molecule has 1 aromatic heterocycles. The van der Waals surface area contributed by atoms with E-state index in [9.17, 15) is 9.59 Å². The van der Waals surface area contributed by atoms with Crippen LogP contribution in [0.15, 0.2) is 41.0 Å². The van der Waals surface area contributed by atoms with E-state index in [4.69, 9.17) is 11.6 Å². The van der Waals surface area contributed by atoms with Gasteiger partial charge in [0.1, 0.15) is 5.69 Å². The molecule has 0 saturated carbocycles. The van der Waals surface area contributed by atoms with Gasteiger partial charge in [0.25, 0.3) is 5.91 Å². The Bertz CT molecular complexity index is 689. The molecule has 1 N–H and O–H groups in total. The maximum absolute atomic E-state index is 12.1. The number of aromatic nitrogens is 1. The molecule has 0 bridgehead atoms. The largest absolute Gasteiger partial charge is 0.465 e. The van der Waals surface area contributed by atoms with Gasteiger partial charge in [-0.3, -0.25) is 4.79 Å². The van der Waals surface area contributed by atoms with E-state index in [-0.39, 0.29) is 5.69 Å². The Morgan fingerprint density at radius 3 is 2.67 bits per heavy atom. The van der Waals surface area contributed by atoms with Gasteiger partial charge in [-0.2, -0.15) is 0 Å². The van der Waals surface area contributed by atoms with Crippen LogP contribution in [-0.4, -0.2) is 24.0 Å². The van der Waals surface area contributed by atoms with Crippen molar-refractivity contribution in [1.82, 2.24) is 4.98 Å². The number of carbonyl (C=O) groups excluding carboxylic acids is 2. The predicted molar refractivity (Wildman–Crippen MR) is 82.7 cm³/mol. The minimum atomic E-state index is -0.510. The molecular formula is C14H10BrClN2O3. The Morgan fingerprint density at radius 2 is 2.05 bits per heavy atom. The number of pyridine rings is 1. The number of esters is 1. The zero-order chi connectivity index (χ0) is 15.4. The average molecular weight is 370 g/mol. The van der Waals surface area contributed by atoms with Gasteiger partial charge >= 0.3 is 5.97 Å². The molecule has 108 valence electrons. The first kappa shape index (κ1) is 15.5. The molecule has 0 fully saturated rings. The fourth-order valence-electron chi connectivity index (χ4n) is 1.56. The maximum atomic E-state index is 12.1. The van der Waals surface area contributed by atoms with Crippen LogP contribution in [0, 0.1) is 0 Å². The number of halogens is 2. The van der Waals surface area contributed by atoms with E-state index < -0.39 is 11.9 Å². The summed E-state index contributed by atoms with van der Waals surface area (Å²) in [6.07, 6.45) is 1.52. The molecule has 0 aliphatic carbocycles. The van der Waals surface area contributed by atoms with Gasteiger partial charge in [0, 0.05) is 10.7 Å². The number of methoxy groups -OCH3 is 1. The summed E-state index contributed by atoms with van der Waals surface area (Å²) in [5.74, 6) is -0.935. The van der Waals surface area contributed by atoms with Crippen LogP contribution in [0.25, 0.3) is 0 Å². The van der Waals surface area contributed by atoms with Gasteiger partial charge in [0.2, 0.25) is 0 Å². The zero-order valence-electron chi connectivity index (χ0n) is 10.9. The van der Waals surface area contributed by atoms with E-state index in [0.29, 0.717) is 16.3 Å². The lowest BCUT2D eigenvalue weighted by Crippen LogP contribution is -2.14. The average Bonchev–Trinajstić information content (AvgIpc) is 2.49. The number of nitrogens with zero attached hydrogens (tertiary/aromatic N) is 1. The first-order chi connectivity index (χ1) is 10.0. The van der Waals surface area contributed by atoms with Gasteiger partial charge in [-0.05, 0) is 46.3 Å². The fourth-order valence-corrected chi connectivity index (χ4v) is 1.96. The molecule has 1 amide bonds. The van der Waals surface area contributed by atoms with Crippen LogP contribution in [0.2, 0.25) is 5.02 Å². The number of nitrogens with one attached hydrogen (secondary N) is 1. The van der Waals surface area contributed by atoms with E-state index in [1.54, 1.807) is 12.1 Å². The Labute approximate surface area is 134 Å². The number of rotatable bonds is 3. The molecule has 0 aliphatic rings. The summed E-state index contributed by atoms with van der Waals surface area (Å²) in [5, 5.41) is 2.92. The lowest BCUT2D eigenvalue weighted by Gasteiger charge is -2.08. The third kappa shape index (κ3) is 3.80. The Hall–Kier alpha value is -1.92. The number of benzene rings is 1. The zero-order valence-corrected chi connectivity index (χ0v) is 13.2. The lowest BCUT2D eigenvalue weighted by molar-refractivity contribution is 0.0600. The van der Waals surface area contributed by atoms with Crippen LogP contribution in [0.4, 0.5) is 5.69 Å². The van der Waals surface area contributed by atoms with Crippen LogP contribution in [-0.2, 0) is 4.74 Å². The van der Waals surface area contributed by atoms with Gasteiger partial charge in [-0.15, -0.1) is 0 Å². The van der Waals surface area contributed by atoms with Gasteiger partial charge in [-0.1, -0.05) is 11.6 Å². The molecule has 7 heteroatoms. The van der Waals surface area contributed by atoms with E-state index >= 15 is 0 Å². The van der Waals surface area contributed by atoms with Crippen LogP contribution in [0.3, 0.4) is 0 Å². The Morgan fingerprint density at radius 1 is 1.29 bits per heavy atom. The number of carbonyl (C=O) groups is 2. The highest BCUT2D eigenvalue weighted by molar-refractivity contribution is 9.10. The van der Waals surface area contributed by atoms with Crippen molar-refractivity contribution in [3.05, 3.63) is 57.3 Å². The molecule has 0 spiro atoms. The number of hydrogen-bond acceptors (Lipinski definition) is 4. The van der Waals surface area contributed by atoms with Crippen LogP contribution in [0.1, 0.15) is 20.8 Å². The quantitative estimate of drug-likeness (QED) is 0.840. The summed E-state index contributed by atoms with van der Waals surface area (Å²) in [4.78, 5) is 27.5. The van der Waals surface area contributed by atoms with Crippen molar-refractivity contribution in [2.75, 3.05) is 12.4 Å². The molecule has 1 heterocycles. The van der Waals surface area contributed by atoms with Crippen molar-refractivity contribution in [3.63, 3.8) is 0 Å². The summed E-state index contributed by atoms with van der Waals surface area (Å²) in [6.45, 7) is 0. The Kier molecular flexibility index (Phi) is 4.93. The first-order valence-electron chi connectivity index (χ1n) is 5.82. The van der Waals surface area contributed by atoms with Crippen molar-refractivity contribution < 1.29 is 14.3 Å². The van der Waals surface area contributed by atoms with Crippen LogP contribution >= 0.6 is 27.5 Å². The van der Waals surface area contributed by atoms with Crippen LogP contribution in [0.5, 0.6) is 0 Å². The SMILES string of the molecule is COC(=O)c1ccc(Cl)c(NC(=O)c2ccc(Br)cn2)c1. The van der Waals surface area contributed by atoms with Crippen molar-refractivity contribution in [2.24, 2.45) is 0 Å². The van der Waals surface area contributed by atoms with Gasteiger partial charge in [0.05, 0.1) is 23.4 Å². The summed E-state index contributed by atoms with van der Waals surface area (Å²) >= 11 is 9.25. The monoisotopic (exact) mass is 368 g/mol. The third-order valence-corrected chi connectivity index (χ3v) is 3.39. The smallest absolute Gasteiger partial charge is 0.337 e. The predicted octanol–water partition coefficient (Wildman–Crippen LogP) is 3.54. The molecule has 2 rings (SSSR count). The molecule has 0 aliphatic heterocycles. The number of anilines is 1. The second kappa shape index (κ2) is 6.69. The highest BCUT2D eigenvalue weighted by Gasteiger charge is 2.13. The third-order valence-electron chi connectivity index (χ3n) is 2.60. The second-order valence-electron chi connectivity index (χ2n) is 4.00. The topological polar surface area (TPSA) is 68.3 Å². The summed E-state index contributed by atoms with van der Waals surface area (Å²) in [7, 11) is 1.28. The fraction of sp³-hybridized carbons (Fsp3) is 0.0714. The lowest BCUT2D eigenvalue weighted by atomic mass is 10.2. The molecule has 0 saturated heterocycles. The molecule has 2 aromatic rings. The second-order valence-corrected chi connectivity index (χ2v) is 5.32. The van der Waals surface area contributed by atoms with E-state index in [2.05, 4.69) is 31.0 Å². The van der Waals surface area contributed by atoms with E-state index in [0.717, 1.165) is 4.47 Å². The molecule has 0 atom stereocenters. The normalized spacial score (nSPS) is 10.0. The first-order valence-corrected chi connectivity index (χ1v) is 6.99.